The van der Waals surface area contributed by atoms with Gasteiger partial charge in [0.05, 0.1) is 0 Å². The molecular formula is C20H21N3O3. The van der Waals surface area contributed by atoms with Crippen LogP contribution in [-0.2, 0) is 4.79 Å². The Balaban J connectivity index is 1.93. The second kappa shape index (κ2) is 7.74. The molecule has 0 atom stereocenters. The lowest BCUT2D eigenvalue weighted by atomic mass is 10.2. The molecule has 0 radical (unpaired) electrons. The number of aldehydes is 1. The Hall–Kier alpha value is -3.28. The van der Waals surface area contributed by atoms with E-state index in [0.717, 1.165) is 17.5 Å². The van der Waals surface area contributed by atoms with Gasteiger partial charge in [-0.2, -0.15) is 0 Å². The third kappa shape index (κ3) is 3.85. The van der Waals surface area contributed by atoms with E-state index in [4.69, 9.17) is 9.47 Å². The van der Waals surface area contributed by atoms with E-state index in [2.05, 4.69) is 4.99 Å². The second-order valence-electron chi connectivity index (χ2n) is 6.00. The predicted molar refractivity (Wildman–Crippen MR) is 103 cm³/mol. The van der Waals surface area contributed by atoms with Gasteiger partial charge in [0.2, 0.25) is 12.8 Å². The number of carbonyl (C=O) groups excluding carboxylic acids is 1. The molecule has 0 saturated carbocycles. The molecular weight excluding hydrogens is 330 g/mol. The lowest BCUT2D eigenvalue weighted by molar-refractivity contribution is -0.104. The van der Waals surface area contributed by atoms with E-state index < -0.39 is 0 Å². The first-order valence-electron chi connectivity index (χ1n) is 8.20. The van der Waals surface area contributed by atoms with Crippen molar-refractivity contribution in [3.05, 3.63) is 59.8 Å². The number of benzene rings is 2. The summed E-state index contributed by atoms with van der Waals surface area (Å²) in [5.41, 5.74) is 2.11. The fourth-order valence-electron chi connectivity index (χ4n) is 2.62. The third-order valence-electron chi connectivity index (χ3n) is 3.90. The molecule has 134 valence electrons. The topological polar surface area (TPSA) is 54.4 Å². The van der Waals surface area contributed by atoms with Crippen LogP contribution in [0.15, 0.2) is 59.2 Å². The van der Waals surface area contributed by atoms with Crippen LogP contribution in [0.3, 0.4) is 0 Å². The standard InChI is InChI=1S/C20H21N3O3/c1-22(2)20(23(3)17-7-5-4-6-8-17)21-16(13-24)11-15-9-10-18-19(12-15)26-14-25-18/h4-13H,14H2,1-3H3/b16-11-,21-20?. The number of allylic oxidation sites excluding steroid dienone is 1. The highest BCUT2D eigenvalue weighted by atomic mass is 16.7. The Bertz CT molecular complexity index is 845. The number of hydrogen-bond donors (Lipinski definition) is 0. The second-order valence-corrected chi connectivity index (χ2v) is 6.00. The number of hydrogen-bond acceptors (Lipinski definition) is 4. The Morgan fingerprint density at radius 3 is 2.46 bits per heavy atom. The van der Waals surface area contributed by atoms with Crippen molar-refractivity contribution >= 4 is 24.0 Å². The maximum absolute atomic E-state index is 11.6. The van der Waals surface area contributed by atoms with E-state index in [1.807, 2.05) is 79.5 Å². The molecule has 0 unspecified atom stereocenters. The monoisotopic (exact) mass is 351 g/mol. The van der Waals surface area contributed by atoms with Crippen LogP contribution >= 0.6 is 0 Å². The van der Waals surface area contributed by atoms with Crippen molar-refractivity contribution in [2.24, 2.45) is 4.99 Å². The number of anilines is 1. The van der Waals surface area contributed by atoms with Crippen LogP contribution in [0.5, 0.6) is 11.5 Å². The van der Waals surface area contributed by atoms with Gasteiger partial charge in [-0.3, -0.25) is 4.79 Å². The number of guanidine groups is 1. The van der Waals surface area contributed by atoms with E-state index in [0.29, 0.717) is 23.2 Å². The smallest absolute Gasteiger partial charge is 0.231 e. The van der Waals surface area contributed by atoms with E-state index in [1.165, 1.54) is 0 Å². The van der Waals surface area contributed by atoms with Crippen LogP contribution in [0.1, 0.15) is 5.56 Å². The Morgan fingerprint density at radius 2 is 1.77 bits per heavy atom. The Morgan fingerprint density at radius 1 is 1.04 bits per heavy atom. The molecule has 1 heterocycles. The van der Waals surface area contributed by atoms with E-state index in [9.17, 15) is 4.79 Å². The maximum Gasteiger partial charge on any atom is 0.231 e. The molecule has 0 amide bonds. The summed E-state index contributed by atoms with van der Waals surface area (Å²) in [5, 5.41) is 0. The van der Waals surface area contributed by atoms with Crippen molar-refractivity contribution < 1.29 is 14.3 Å². The summed E-state index contributed by atoms with van der Waals surface area (Å²) in [4.78, 5) is 19.9. The van der Waals surface area contributed by atoms with Crippen LogP contribution in [0.2, 0.25) is 0 Å². The minimum Gasteiger partial charge on any atom is -0.454 e. The van der Waals surface area contributed by atoms with Gasteiger partial charge in [-0.25, -0.2) is 4.99 Å². The molecule has 26 heavy (non-hydrogen) atoms. The van der Waals surface area contributed by atoms with Crippen LogP contribution in [0.4, 0.5) is 5.69 Å². The first-order chi connectivity index (χ1) is 12.6. The van der Waals surface area contributed by atoms with E-state index in [-0.39, 0.29) is 6.79 Å². The maximum atomic E-state index is 11.6. The van der Waals surface area contributed by atoms with Gasteiger partial charge < -0.3 is 19.3 Å². The molecule has 6 nitrogen and oxygen atoms in total. The first kappa shape index (κ1) is 17.5. The zero-order valence-corrected chi connectivity index (χ0v) is 15.0. The minimum absolute atomic E-state index is 0.216. The van der Waals surface area contributed by atoms with Crippen molar-refractivity contribution in [2.45, 2.75) is 0 Å². The van der Waals surface area contributed by atoms with Crippen LogP contribution in [0, 0.1) is 0 Å². The normalized spacial score (nSPS) is 13.5. The van der Waals surface area contributed by atoms with Crippen LogP contribution in [-0.4, -0.2) is 45.1 Å². The summed E-state index contributed by atoms with van der Waals surface area (Å²) in [6.45, 7) is 0.216. The molecule has 1 aliphatic heterocycles. The lowest BCUT2D eigenvalue weighted by Gasteiger charge is -2.26. The van der Waals surface area contributed by atoms with Gasteiger partial charge in [0, 0.05) is 26.8 Å². The number of ether oxygens (including phenoxy) is 2. The number of aliphatic imine (C=N–C) groups is 1. The molecule has 0 bridgehead atoms. The zero-order valence-electron chi connectivity index (χ0n) is 15.0. The van der Waals surface area contributed by atoms with Crippen molar-refractivity contribution in [2.75, 3.05) is 32.8 Å². The quantitative estimate of drug-likeness (QED) is 0.367. The average molecular weight is 351 g/mol. The molecule has 3 rings (SSSR count). The highest BCUT2D eigenvalue weighted by Gasteiger charge is 2.14. The molecule has 2 aromatic rings. The third-order valence-corrected chi connectivity index (χ3v) is 3.90. The number of carbonyl (C=O) groups is 1. The van der Waals surface area contributed by atoms with E-state index >= 15 is 0 Å². The molecule has 0 spiro atoms. The minimum atomic E-state index is 0.216. The van der Waals surface area contributed by atoms with Gasteiger partial charge in [0.15, 0.2) is 17.8 Å². The van der Waals surface area contributed by atoms with Gasteiger partial charge >= 0.3 is 0 Å². The SMILES string of the molecule is CN(C)C(=N/C(C=O)=C\c1ccc2c(c1)OCO2)N(C)c1ccccc1. The van der Waals surface area contributed by atoms with E-state index in [1.54, 1.807) is 6.08 Å². The summed E-state index contributed by atoms with van der Waals surface area (Å²) in [6, 6.07) is 15.4. The largest absolute Gasteiger partial charge is 0.454 e. The first-order valence-corrected chi connectivity index (χ1v) is 8.20. The highest BCUT2D eigenvalue weighted by molar-refractivity contribution is 5.98. The van der Waals surface area contributed by atoms with Gasteiger partial charge in [-0.15, -0.1) is 0 Å². The average Bonchev–Trinajstić information content (AvgIpc) is 3.12. The van der Waals surface area contributed by atoms with Gasteiger partial charge in [-0.05, 0) is 35.9 Å². The van der Waals surface area contributed by atoms with Crippen LogP contribution < -0.4 is 14.4 Å². The van der Waals surface area contributed by atoms with Gasteiger partial charge in [0.1, 0.15) is 5.70 Å². The fourth-order valence-corrected chi connectivity index (χ4v) is 2.62. The molecule has 2 aromatic carbocycles. The molecule has 1 aliphatic rings. The van der Waals surface area contributed by atoms with Crippen molar-refractivity contribution in [3.8, 4) is 11.5 Å². The summed E-state index contributed by atoms with van der Waals surface area (Å²) < 4.78 is 10.7. The van der Waals surface area contributed by atoms with Crippen LogP contribution in [0.25, 0.3) is 6.08 Å². The fraction of sp³-hybridized carbons (Fsp3) is 0.200. The summed E-state index contributed by atoms with van der Waals surface area (Å²) in [5.74, 6) is 2.02. The molecule has 6 heteroatoms. The van der Waals surface area contributed by atoms with Crippen molar-refractivity contribution in [1.29, 1.82) is 0 Å². The lowest BCUT2D eigenvalue weighted by Crippen LogP contribution is -2.38. The number of fused-ring (bicyclic) bond motifs is 1. The number of nitrogens with zero attached hydrogens (tertiary/aromatic N) is 3. The predicted octanol–water partition coefficient (Wildman–Crippen LogP) is 3.01. The molecule has 0 fully saturated rings. The molecule has 0 aromatic heterocycles. The Labute approximate surface area is 153 Å². The van der Waals surface area contributed by atoms with Crippen molar-refractivity contribution in [3.63, 3.8) is 0 Å². The van der Waals surface area contributed by atoms with Gasteiger partial charge in [0.25, 0.3) is 0 Å². The molecule has 0 saturated heterocycles. The van der Waals surface area contributed by atoms with Crippen molar-refractivity contribution in [1.82, 2.24) is 4.90 Å². The molecule has 0 aliphatic carbocycles. The molecule has 0 N–H and O–H groups in total. The summed E-state index contributed by atoms with van der Waals surface area (Å²) >= 11 is 0. The number of para-hydroxylation sites is 1. The Kier molecular flexibility index (Phi) is 5.22. The summed E-state index contributed by atoms with van der Waals surface area (Å²) in [7, 11) is 5.69. The summed E-state index contributed by atoms with van der Waals surface area (Å²) in [6.07, 6.45) is 2.46. The zero-order chi connectivity index (χ0) is 18.5. The number of rotatable bonds is 4. The van der Waals surface area contributed by atoms with Gasteiger partial charge in [-0.1, -0.05) is 24.3 Å². The highest BCUT2D eigenvalue weighted by Crippen LogP contribution is 2.33.